The summed E-state index contributed by atoms with van der Waals surface area (Å²) in [6, 6.07) is 6.35. The fraction of sp³-hybridized carbons (Fsp3) is 0.308. The highest BCUT2D eigenvalue weighted by Gasteiger charge is 2.18. The monoisotopic (exact) mass is 294 g/mol. The molecule has 6 nitrogen and oxygen atoms in total. The lowest BCUT2D eigenvalue weighted by molar-refractivity contribution is 0.539. The molecule has 1 aromatic heterocycles. The fourth-order valence-corrected chi connectivity index (χ4v) is 2.87. The van der Waals surface area contributed by atoms with E-state index in [0.29, 0.717) is 11.5 Å². The maximum Gasteiger partial charge on any atom is 0.263 e. The minimum absolute atomic E-state index is 0.0609. The summed E-state index contributed by atoms with van der Waals surface area (Å²) in [7, 11) is -3.67. The van der Waals surface area contributed by atoms with Crippen LogP contribution in [0.4, 0.5) is 11.5 Å². The zero-order valence-corrected chi connectivity index (χ0v) is 12.5. The Labute approximate surface area is 118 Å². The van der Waals surface area contributed by atoms with E-state index in [1.165, 1.54) is 12.1 Å². The third kappa shape index (κ3) is 2.77. The number of anilines is 2. The second-order valence-electron chi connectivity index (χ2n) is 4.88. The van der Waals surface area contributed by atoms with Crippen LogP contribution in [0.5, 0.6) is 0 Å². The minimum Gasteiger partial charge on any atom is -0.398 e. The molecule has 0 aliphatic heterocycles. The van der Waals surface area contributed by atoms with Crippen molar-refractivity contribution in [3.05, 3.63) is 36.0 Å². The Bertz CT molecular complexity index is 720. The van der Waals surface area contributed by atoms with Crippen LogP contribution in [0.2, 0.25) is 0 Å². The highest BCUT2D eigenvalue weighted by molar-refractivity contribution is 7.92. The molecule has 0 amide bonds. The van der Waals surface area contributed by atoms with Gasteiger partial charge in [0, 0.05) is 17.8 Å². The average molecular weight is 294 g/mol. The standard InChI is InChI=1S/C13H18N4O2S/c1-9(2)17-13(6-7-15-17)16-20(18,19)11-5-4-10(3)12(14)8-11/h4-9,16H,14H2,1-3H3. The third-order valence-corrected chi connectivity index (χ3v) is 4.31. The van der Waals surface area contributed by atoms with Gasteiger partial charge >= 0.3 is 0 Å². The zero-order valence-electron chi connectivity index (χ0n) is 11.7. The van der Waals surface area contributed by atoms with Crippen LogP contribution in [0.15, 0.2) is 35.4 Å². The van der Waals surface area contributed by atoms with Gasteiger partial charge in [0.2, 0.25) is 0 Å². The van der Waals surface area contributed by atoms with Crippen molar-refractivity contribution in [2.45, 2.75) is 31.7 Å². The Morgan fingerprint density at radius 3 is 2.60 bits per heavy atom. The van der Waals surface area contributed by atoms with E-state index in [0.717, 1.165) is 5.56 Å². The molecule has 0 bridgehead atoms. The summed E-state index contributed by atoms with van der Waals surface area (Å²) in [6.07, 6.45) is 1.56. The van der Waals surface area contributed by atoms with Crippen molar-refractivity contribution in [3.8, 4) is 0 Å². The van der Waals surface area contributed by atoms with Crippen molar-refractivity contribution in [3.63, 3.8) is 0 Å². The summed E-state index contributed by atoms with van der Waals surface area (Å²) in [5, 5.41) is 4.09. The van der Waals surface area contributed by atoms with Gasteiger partial charge in [-0.3, -0.25) is 4.72 Å². The molecule has 0 unspecified atom stereocenters. The molecule has 0 radical (unpaired) electrons. The predicted octanol–water partition coefficient (Wildman–Crippen LogP) is 2.16. The molecule has 0 fully saturated rings. The molecule has 0 atom stereocenters. The summed E-state index contributed by atoms with van der Waals surface area (Å²) in [5.74, 6) is 0.430. The van der Waals surface area contributed by atoms with Gasteiger partial charge in [-0.2, -0.15) is 5.10 Å². The first-order valence-electron chi connectivity index (χ1n) is 6.24. The Balaban J connectivity index is 2.36. The van der Waals surface area contributed by atoms with Gasteiger partial charge in [-0.05, 0) is 38.5 Å². The van der Waals surface area contributed by atoms with E-state index in [1.807, 2.05) is 20.8 Å². The topological polar surface area (TPSA) is 90.0 Å². The van der Waals surface area contributed by atoms with E-state index < -0.39 is 10.0 Å². The lowest BCUT2D eigenvalue weighted by atomic mass is 10.2. The Morgan fingerprint density at radius 1 is 1.30 bits per heavy atom. The molecular formula is C13H18N4O2S. The third-order valence-electron chi connectivity index (χ3n) is 2.96. The van der Waals surface area contributed by atoms with Crippen LogP contribution in [0.1, 0.15) is 25.5 Å². The van der Waals surface area contributed by atoms with Gasteiger partial charge in [0.1, 0.15) is 5.82 Å². The summed E-state index contributed by atoms with van der Waals surface area (Å²) in [4.78, 5) is 0.136. The Morgan fingerprint density at radius 2 is 2.00 bits per heavy atom. The quantitative estimate of drug-likeness (QED) is 0.845. The van der Waals surface area contributed by atoms with Crippen LogP contribution < -0.4 is 10.5 Å². The number of rotatable bonds is 4. The van der Waals surface area contributed by atoms with E-state index in [2.05, 4.69) is 9.82 Å². The number of nitrogens with one attached hydrogen (secondary N) is 1. The van der Waals surface area contributed by atoms with Crippen LogP contribution in [-0.4, -0.2) is 18.2 Å². The van der Waals surface area contributed by atoms with E-state index in [1.54, 1.807) is 23.0 Å². The van der Waals surface area contributed by atoms with E-state index in [-0.39, 0.29) is 10.9 Å². The van der Waals surface area contributed by atoms with Crippen molar-refractivity contribution in [2.75, 3.05) is 10.5 Å². The van der Waals surface area contributed by atoms with Crippen LogP contribution in [0, 0.1) is 6.92 Å². The largest absolute Gasteiger partial charge is 0.398 e. The first-order chi connectivity index (χ1) is 9.31. The second kappa shape index (κ2) is 5.16. The summed E-state index contributed by atoms with van der Waals surface area (Å²) in [6.45, 7) is 5.68. The second-order valence-corrected chi connectivity index (χ2v) is 6.56. The number of nitrogens with two attached hydrogens (primary N) is 1. The van der Waals surface area contributed by atoms with Crippen molar-refractivity contribution < 1.29 is 8.42 Å². The summed E-state index contributed by atoms with van der Waals surface area (Å²) in [5.41, 5.74) is 7.05. The molecule has 0 aliphatic carbocycles. The van der Waals surface area contributed by atoms with Gasteiger partial charge in [-0.25, -0.2) is 13.1 Å². The van der Waals surface area contributed by atoms with Gasteiger partial charge < -0.3 is 5.73 Å². The normalized spacial score (nSPS) is 11.8. The number of aromatic nitrogens is 2. The molecule has 0 saturated carbocycles. The van der Waals surface area contributed by atoms with Gasteiger partial charge in [-0.15, -0.1) is 0 Å². The van der Waals surface area contributed by atoms with Gasteiger partial charge in [0.05, 0.1) is 11.1 Å². The van der Waals surface area contributed by atoms with Crippen molar-refractivity contribution in [1.29, 1.82) is 0 Å². The summed E-state index contributed by atoms with van der Waals surface area (Å²) < 4.78 is 28.8. The number of aryl methyl sites for hydroxylation is 1. The van der Waals surface area contributed by atoms with Crippen molar-refractivity contribution in [1.82, 2.24) is 9.78 Å². The molecule has 0 saturated heterocycles. The molecule has 20 heavy (non-hydrogen) atoms. The first kappa shape index (κ1) is 14.4. The molecule has 108 valence electrons. The van der Waals surface area contributed by atoms with Crippen LogP contribution in [0.25, 0.3) is 0 Å². The molecule has 3 N–H and O–H groups in total. The molecular weight excluding hydrogens is 276 g/mol. The number of benzene rings is 1. The summed E-state index contributed by atoms with van der Waals surface area (Å²) >= 11 is 0. The van der Waals surface area contributed by atoms with E-state index >= 15 is 0 Å². The number of sulfonamides is 1. The van der Waals surface area contributed by atoms with Crippen molar-refractivity contribution in [2.24, 2.45) is 0 Å². The molecule has 0 spiro atoms. The van der Waals surface area contributed by atoms with Crippen LogP contribution in [0.3, 0.4) is 0 Å². The van der Waals surface area contributed by atoms with Gasteiger partial charge in [-0.1, -0.05) is 6.07 Å². The molecule has 1 heterocycles. The fourth-order valence-electron chi connectivity index (χ4n) is 1.79. The molecule has 7 heteroatoms. The SMILES string of the molecule is Cc1ccc(S(=O)(=O)Nc2ccnn2C(C)C)cc1N. The predicted molar refractivity (Wildman–Crippen MR) is 79.0 cm³/mol. The highest BCUT2D eigenvalue weighted by atomic mass is 32.2. The van der Waals surface area contributed by atoms with E-state index in [4.69, 9.17) is 5.73 Å². The lowest BCUT2D eigenvalue weighted by Gasteiger charge is -2.13. The van der Waals surface area contributed by atoms with Crippen molar-refractivity contribution >= 4 is 21.5 Å². The smallest absolute Gasteiger partial charge is 0.263 e. The van der Waals surface area contributed by atoms with Gasteiger partial charge in [0.25, 0.3) is 10.0 Å². The lowest BCUT2D eigenvalue weighted by Crippen LogP contribution is -2.17. The number of hydrogen-bond donors (Lipinski definition) is 2. The Hall–Kier alpha value is -2.02. The minimum atomic E-state index is -3.67. The van der Waals surface area contributed by atoms with E-state index in [9.17, 15) is 8.42 Å². The number of nitrogens with zero attached hydrogens (tertiary/aromatic N) is 2. The first-order valence-corrected chi connectivity index (χ1v) is 7.72. The number of hydrogen-bond acceptors (Lipinski definition) is 4. The maximum atomic E-state index is 12.3. The molecule has 0 aliphatic rings. The zero-order chi connectivity index (χ0) is 14.9. The maximum absolute atomic E-state index is 12.3. The van der Waals surface area contributed by atoms with Crippen LogP contribution in [-0.2, 0) is 10.0 Å². The van der Waals surface area contributed by atoms with Crippen LogP contribution >= 0.6 is 0 Å². The average Bonchev–Trinajstić information content (AvgIpc) is 2.80. The highest BCUT2D eigenvalue weighted by Crippen LogP contribution is 2.21. The Kier molecular flexibility index (Phi) is 3.71. The molecule has 1 aromatic carbocycles. The molecule has 2 aromatic rings. The molecule has 2 rings (SSSR count). The van der Waals surface area contributed by atoms with Gasteiger partial charge in [0.15, 0.2) is 0 Å². The number of nitrogen functional groups attached to an aromatic ring is 1.